The maximum atomic E-state index is 14.1. The number of carbonyl (C=O) groups excluding carboxylic acids is 2. The number of methoxy groups -OCH3 is 1. The van der Waals surface area contributed by atoms with Crippen LogP contribution in [0.25, 0.3) is 0 Å². The molecule has 0 aliphatic heterocycles. The number of amides is 2. The molecule has 214 valence electrons. The Bertz CT molecular complexity index is 1440. The quantitative estimate of drug-likeness (QED) is 0.319. The molecule has 1 N–H and O–H groups in total. The smallest absolute Gasteiger partial charge is 0.264 e. The van der Waals surface area contributed by atoms with Crippen molar-refractivity contribution in [1.82, 2.24) is 10.2 Å². The average Bonchev–Trinajstić information content (AvgIpc) is 2.92. The molecule has 0 aromatic heterocycles. The minimum Gasteiger partial charge on any atom is -0.495 e. The van der Waals surface area contributed by atoms with Gasteiger partial charge in [0.1, 0.15) is 18.3 Å². The first-order valence-corrected chi connectivity index (χ1v) is 14.9. The largest absolute Gasteiger partial charge is 0.495 e. The fourth-order valence-electron chi connectivity index (χ4n) is 4.36. The first kappa shape index (κ1) is 31.0. The molecular formula is C30H36ClN3O5S. The second kappa shape index (κ2) is 13.7. The average molecular weight is 586 g/mol. The molecule has 2 amide bonds. The van der Waals surface area contributed by atoms with E-state index >= 15 is 0 Å². The van der Waals surface area contributed by atoms with Crippen LogP contribution in [0.3, 0.4) is 0 Å². The zero-order valence-corrected chi connectivity index (χ0v) is 25.1. The van der Waals surface area contributed by atoms with Gasteiger partial charge in [-0.25, -0.2) is 8.42 Å². The Morgan fingerprint density at radius 1 is 1.00 bits per heavy atom. The van der Waals surface area contributed by atoms with Crippen LogP contribution in [0.2, 0.25) is 5.02 Å². The second-order valence-electron chi connectivity index (χ2n) is 9.41. The Hall–Kier alpha value is -3.56. The Morgan fingerprint density at radius 3 is 2.25 bits per heavy atom. The number of aryl methyl sites for hydroxylation is 2. The van der Waals surface area contributed by atoms with Crippen molar-refractivity contribution >= 4 is 39.1 Å². The summed E-state index contributed by atoms with van der Waals surface area (Å²) in [5, 5.41) is 3.00. The van der Waals surface area contributed by atoms with Gasteiger partial charge in [-0.3, -0.25) is 13.9 Å². The number of sulfonamides is 1. The Balaban J connectivity index is 2.11. The maximum Gasteiger partial charge on any atom is 0.264 e. The Labute approximate surface area is 241 Å². The highest BCUT2D eigenvalue weighted by molar-refractivity contribution is 7.92. The van der Waals surface area contributed by atoms with Crippen molar-refractivity contribution in [1.29, 1.82) is 0 Å². The Kier molecular flexibility index (Phi) is 10.6. The molecule has 0 spiro atoms. The molecule has 0 unspecified atom stereocenters. The molecule has 0 heterocycles. The summed E-state index contributed by atoms with van der Waals surface area (Å²) in [6.07, 6.45) is 0.350. The summed E-state index contributed by atoms with van der Waals surface area (Å²) in [6, 6.07) is 17.7. The van der Waals surface area contributed by atoms with Crippen LogP contribution < -0.4 is 14.4 Å². The first-order chi connectivity index (χ1) is 19.0. The summed E-state index contributed by atoms with van der Waals surface area (Å²) in [5.74, 6) is -0.454. The van der Waals surface area contributed by atoms with E-state index in [4.69, 9.17) is 16.3 Å². The minimum atomic E-state index is -4.19. The van der Waals surface area contributed by atoms with Crippen LogP contribution in [0, 0.1) is 13.8 Å². The molecule has 0 bridgehead atoms. The van der Waals surface area contributed by atoms with Crippen molar-refractivity contribution in [2.75, 3.05) is 24.5 Å². The Morgan fingerprint density at radius 2 is 1.68 bits per heavy atom. The van der Waals surface area contributed by atoms with Gasteiger partial charge in [-0.15, -0.1) is 0 Å². The zero-order chi connectivity index (χ0) is 29.4. The van der Waals surface area contributed by atoms with E-state index < -0.39 is 28.5 Å². The lowest BCUT2D eigenvalue weighted by Gasteiger charge is -2.33. The molecule has 0 saturated heterocycles. The number of halogens is 1. The van der Waals surface area contributed by atoms with Crippen LogP contribution in [-0.4, -0.2) is 51.4 Å². The van der Waals surface area contributed by atoms with Gasteiger partial charge in [0.15, 0.2) is 0 Å². The second-order valence-corrected chi connectivity index (χ2v) is 11.7. The molecule has 0 aliphatic carbocycles. The lowest BCUT2D eigenvalue weighted by atomic mass is 10.1. The van der Waals surface area contributed by atoms with Crippen molar-refractivity contribution in [3.63, 3.8) is 0 Å². The van der Waals surface area contributed by atoms with Crippen LogP contribution in [0.15, 0.2) is 71.6 Å². The number of carbonyl (C=O) groups is 2. The first-order valence-electron chi connectivity index (χ1n) is 13.1. The predicted octanol–water partition coefficient (Wildman–Crippen LogP) is 5.10. The lowest BCUT2D eigenvalue weighted by Crippen LogP contribution is -2.52. The number of hydrogen-bond donors (Lipinski definition) is 1. The van der Waals surface area contributed by atoms with Crippen LogP contribution >= 0.6 is 11.6 Å². The molecule has 0 radical (unpaired) electrons. The summed E-state index contributed by atoms with van der Waals surface area (Å²) in [5.41, 5.74) is 2.91. The van der Waals surface area contributed by atoms with Gasteiger partial charge in [-0.05, 0) is 68.7 Å². The van der Waals surface area contributed by atoms with E-state index in [9.17, 15) is 18.0 Å². The van der Waals surface area contributed by atoms with Gasteiger partial charge in [0.25, 0.3) is 10.0 Å². The number of nitrogens with zero attached hydrogens (tertiary/aromatic N) is 2. The van der Waals surface area contributed by atoms with E-state index in [1.807, 2.05) is 45.0 Å². The third kappa shape index (κ3) is 7.14. The third-order valence-corrected chi connectivity index (χ3v) is 8.73. The number of rotatable bonds is 12. The van der Waals surface area contributed by atoms with Gasteiger partial charge in [0, 0.05) is 13.1 Å². The molecule has 10 heteroatoms. The topological polar surface area (TPSA) is 96.0 Å². The summed E-state index contributed by atoms with van der Waals surface area (Å²) < 4.78 is 34.2. The van der Waals surface area contributed by atoms with Crippen LogP contribution in [0.4, 0.5) is 5.69 Å². The van der Waals surface area contributed by atoms with Crippen molar-refractivity contribution in [2.45, 2.75) is 51.6 Å². The van der Waals surface area contributed by atoms with E-state index in [1.54, 1.807) is 25.1 Å². The van der Waals surface area contributed by atoms with E-state index in [0.717, 1.165) is 21.0 Å². The van der Waals surface area contributed by atoms with Crippen molar-refractivity contribution in [3.8, 4) is 5.75 Å². The van der Waals surface area contributed by atoms with E-state index in [2.05, 4.69) is 5.32 Å². The SMILES string of the molecule is CCNC(=O)[C@@H](CC)N(Cc1ccccc1C)C(=O)CN(c1ccc(OC)c(Cl)c1)S(=O)(=O)c1ccc(C)cc1. The van der Waals surface area contributed by atoms with E-state index in [1.165, 1.54) is 36.3 Å². The number of hydrogen-bond acceptors (Lipinski definition) is 5. The molecule has 1 atom stereocenters. The van der Waals surface area contributed by atoms with Gasteiger partial charge in [0.05, 0.1) is 22.7 Å². The van der Waals surface area contributed by atoms with Gasteiger partial charge in [0.2, 0.25) is 11.8 Å². The normalized spacial score (nSPS) is 11.9. The molecule has 0 aliphatic rings. The zero-order valence-electron chi connectivity index (χ0n) is 23.5. The van der Waals surface area contributed by atoms with Gasteiger partial charge < -0.3 is 15.0 Å². The molecule has 8 nitrogen and oxygen atoms in total. The van der Waals surface area contributed by atoms with Crippen LogP contribution in [0.5, 0.6) is 5.75 Å². The molecule has 40 heavy (non-hydrogen) atoms. The van der Waals surface area contributed by atoms with Gasteiger partial charge in [-0.2, -0.15) is 0 Å². The van der Waals surface area contributed by atoms with E-state index in [-0.39, 0.29) is 28.1 Å². The highest BCUT2D eigenvalue weighted by Crippen LogP contribution is 2.32. The molecule has 0 saturated carbocycles. The highest BCUT2D eigenvalue weighted by Gasteiger charge is 2.34. The van der Waals surface area contributed by atoms with Crippen molar-refractivity contribution in [2.24, 2.45) is 0 Å². The fourth-order valence-corrected chi connectivity index (χ4v) is 6.02. The monoisotopic (exact) mass is 585 g/mol. The van der Waals surface area contributed by atoms with Crippen LogP contribution in [0.1, 0.15) is 37.0 Å². The lowest BCUT2D eigenvalue weighted by molar-refractivity contribution is -0.140. The summed E-state index contributed by atoms with van der Waals surface area (Å²) >= 11 is 6.37. The number of anilines is 1. The van der Waals surface area contributed by atoms with E-state index in [0.29, 0.717) is 18.7 Å². The maximum absolute atomic E-state index is 14.1. The fraction of sp³-hybridized carbons (Fsp3) is 0.333. The third-order valence-electron chi connectivity index (χ3n) is 6.65. The summed E-state index contributed by atoms with van der Waals surface area (Å²) in [4.78, 5) is 28.6. The highest BCUT2D eigenvalue weighted by atomic mass is 35.5. The van der Waals surface area contributed by atoms with Crippen molar-refractivity contribution < 1.29 is 22.7 Å². The number of likely N-dealkylation sites (N-methyl/N-ethyl adjacent to an activating group) is 1. The summed E-state index contributed by atoms with van der Waals surface area (Å²) in [6.45, 7) is 7.42. The van der Waals surface area contributed by atoms with Crippen LogP contribution in [-0.2, 0) is 26.2 Å². The number of benzene rings is 3. The standard InChI is InChI=1S/C30H36ClN3O5S/c1-6-27(30(36)32-7-2)33(19-23-11-9-8-10-22(23)4)29(35)20-34(24-14-17-28(39-5)26(31)18-24)40(37,38)25-15-12-21(3)13-16-25/h8-18,27H,6-7,19-20H2,1-5H3,(H,32,36)/t27-/m1/s1. The molecular weight excluding hydrogens is 550 g/mol. The number of ether oxygens (including phenoxy) is 1. The minimum absolute atomic E-state index is 0.0269. The predicted molar refractivity (Wildman–Crippen MR) is 158 cm³/mol. The summed E-state index contributed by atoms with van der Waals surface area (Å²) in [7, 11) is -2.73. The molecule has 0 fully saturated rings. The van der Waals surface area contributed by atoms with Gasteiger partial charge >= 0.3 is 0 Å². The molecule has 3 aromatic carbocycles. The molecule has 3 rings (SSSR count). The molecule has 3 aromatic rings. The van der Waals surface area contributed by atoms with Gasteiger partial charge in [-0.1, -0.05) is 60.5 Å². The van der Waals surface area contributed by atoms with Crippen molar-refractivity contribution in [3.05, 3.63) is 88.4 Å². The number of nitrogens with one attached hydrogen (secondary N) is 1.